The standard InChI is InChI=1S/C32H16Cl2N8O2.C32H16Cl2N8/c33-21-22(34)24(44)20-19(23(21)43)31-40-29-17-11-5-3-9-15(17)27(38-29)36-25-13-7-1-2-8-14(13)26(35-25)37-28-16-10-4-6-12-18(16)30(39-28)41-32(20)42-31;33-23-13-21-22(14-24(23)34)32-41-30-20-12-6-4-10-18(20)28(39-30)37-26-16-8-2-1-7-15(16)25(35-26)36-27-17-9-3-5-11-19(17)29(38-27)40-31(21)42-32/h1-12,43-44H,(H2,35,36,37,38,39,40,41,42);1-14H,(H2,35,36,37,38,39,40,41,42). The molecule has 18 nitrogen and oxygen atoms in total. The zero-order valence-electron chi connectivity index (χ0n) is 43.8. The number of rotatable bonds is 0. The second kappa shape index (κ2) is 18.9. The molecule has 0 spiro atoms. The van der Waals surface area contributed by atoms with E-state index in [0.717, 1.165) is 76.8 Å². The fourth-order valence-corrected chi connectivity index (χ4v) is 12.1. The summed E-state index contributed by atoms with van der Waals surface area (Å²) in [5.41, 5.74) is 10.4. The highest BCUT2D eigenvalue weighted by molar-refractivity contribution is 6.46. The molecule has 4 aliphatic heterocycles. The Bertz CT molecular complexity index is 5400. The molecule has 14 aromatic rings. The number of nitrogens with zero attached hydrogens (tertiary/aromatic N) is 12. The van der Waals surface area contributed by atoms with Gasteiger partial charge in [0.2, 0.25) is 0 Å². The first kappa shape index (κ1) is 49.8. The highest BCUT2D eigenvalue weighted by Gasteiger charge is 2.27. The summed E-state index contributed by atoms with van der Waals surface area (Å²) in [6.45, 7) is 0. The normalized spacial score (nSPS) is 12.0. The van der Waals surface area contributed by atoms with Gasteiger partial charge in [-0.25, -0.2) is 59.8 Å². The minimum atomic E-state index is -0.360. The van der Waals surface area contributed by atoms with Crippen molar-refractivity contribution in [2.24, 2.45) is 0 Å². The predicted octanol–water partition coefficient (Wildman–Crippen LogP) is 15.8. The summed E-state index contributed by atoms with van der Waals surface area (Å²) in [5, 5.41) is 28.1. The lowest BCUT2D eigenvalue weighted by molar-refractivity contribution is 0.470. The second-order valence-corrected chi connectivity index (χ2v) is 22.0. The summed E-state index contributed by atoms with van der Waals surface area (Å²) in [4.78, 5) is 72.2. The molecule has 18 rings (SSSR count). The van der Waals surface area contributed by atoms with Crippen LogP contribution in [0, 0.1) is 0 Å². The molecule has 16 bridgehead atoms. The number of hydrogen-bond donors (Lipinski definition) is 6. The molecule has 4 aliphatic rings. The van der Waals surface area contributed by atoms with Crippen LogP contribution in [0.3, 0.4) is 0 Å². The van der Waals surface area contributed by atoms with E-state index in [-0.39, 0.29) is 43.6 Å². The van der Waals surface area contributed by atoms with Gasteiger partial charge in [0.1, 0.15) is 66.7 Å². The number of phenolic OH excluding ortho intramolecular Hbond substituents is 2. The average Bonchev–Trinajstić information content (AvgIpc) is 1.91. The van der Waals surface area contributed by atoms with Crippen molar-refractivity contribution in [1.82, 2.24) is 79.7 Å². The first-order valence-electron chi connectivity index (χ1n) is 26.7. The van der Waals surface area contributed by atoms with E-state index in [4.69, 9.17) is 106 Å². The number of aromatic amines is 4. The fraction of sp³-hybridized carbons (Fsp3) is 0. The highest BCUT2D eigenvalue weighted by Crippen LogP contribution is 2.49. The van der Waals surface area contributed by atoms with E-state index in [9.17, 15) is 10.2 Å². The summed E-state index contributed by atoms with van der Waals surface area (Å²) >= 11 is 25.6. The van der Waals surface area contributed by atoms with E-state index in [1.807, 2.05) is 146 Å². The molecular weight excluding hydrogens is 1170 g/mol. The molecule has 0 radical (unpaired) electrons. The number of hydrogen-bond acceptors (Lipinski definition) is 14. The monoisotopic (exact) mass is 1200 g/mol. The molecular formula is C64H32Cl4N16O2. The zero-order valence-corrected chi connectivity index (χ0v) is 46.8. The van der Waals surface area contributed by atoms with Gasteiger partial charge in [-0.3, -0.25) is 0 Å². The molecule has 10 heterocycles. The Morgan fingerprint density at radius 3 is 0.686 bits per heavy atom. The maximum atomic E-state index is 11.2. The van der Waals surface area contributed by atoms with Gasteiger partial charge in [0.15, 0.2) is 46.6 Å². The number of fused-ring (bicyclic) bond motifs is 40. The minimum absolute atomic E-state index is 0.130. The SMILES string of the molecule is Clc1cc2c3nc4nc(nc5[nH]c(nc6nc(nc([nH]3)c2cc1Cl)-c1ccccc1-6)c1ccccc51)-c1ccccc1-4.Oc1c(Cl)c(Cl)c(O)c2c3nc4nc(nc5[nH]c(nc6nc(nc([nH]3)c12)-c1ccccc1-6)c1ccccc51)-c1ccccc1-4. The molecule has 0 aliphatic carbocycles. The van der Waals surface area contributed by atoms with Crippen LogP contribution in [0.4, 0.5) is 0 Å². The Kier molecular flexibility index (Phi) is 10.9. The number of aromatic hydroxyl groups is 2. The number of H-pyrrole nitrogens is 4. The number of nitrogens with one attached hydrogen (secondary N) is 4. The van der Waals surface area contributed by atoms with Gasteiger partial charge in [-0.2, -0.15) is 0 Å². The second-order valence-electron chi connectivity index (χ2n) is 20.4. The average molecular weight is 1200 g/mol. The summed E-state index contributed by atoms with van der Waals surface area (Å²) < 4.78 is 0. The van der Waals surface area contributed by atoms with Gasteiger partial charge in [-0.05, 0) is 12.1 Å². The van der Waals surface area contributed by atoms with Crippen molar-refractivity contribution in [3.63, 3.8) is 0 Å². The van der Waals surface area contributed by atoms with E-state index >= 15 is 0 Å². The van der Waals surface area contributed by atoms with E-state index in [2.05, 4.69) is 19.9 Å². The molecule has 0 saturated carbocycles. The van der Waals surface area contributed by atoms with E-state index in [1.165, 1.54) is 0 Å². The molecule has 6 N–H and O–H groups in total. The van der Waals surface area contributed by atoms with Gasteiger partial charge in [0.05, 0.1) is 20.8 Å². The van der Waals surface area contributed by atoms with Gasteiger partial charge >= 0.3 is 0 Å². The summed E-state index contributed by atoms with van der Waals surface area (Å²) in [7, 11) is 0. The topological polar surface area (TPSA) is 258 Å². The maximum Gasteiger partial charge on any atom is 0.164 e. The van der Waals surface area contributed by atoms with Crippen molar-refractivity contribution in [2.45, 2.75) is 0 Å². The van der Waals surface area contributed by atoms with Crippen molar-refractivity contribution in [2.75, 3.05) is 0 Å². The van der Waals surface area contributed by atoms with Crippen molar-refractivity contribution in [3.8, 4) is 103 Å². The van der Waals surface area contributed by atoms with Crippen molar-refractivity contribution in [1.29, 1.82) is 0 Å². The minimum Gasteiger partial charge on any atom is -0.506 e. The summed E-state index contributed by atoms with van der Waals surface area (Å²) in [6.07, 6.45) is 0. The third kappa shape index (κ3) is 7.67. The maximum absolute atomic E-state index is 11.2. The lowest BCUT2D eigenvalue weighted by atomic mass is 10.1. The summed E-state index contributed by atoms with van der Waals surface area (Å²) in [6, 6.07) is 50.4. The third-order valence-electron chi connectivity index (χ3n) is 15.4. The van der Waals surface area contributed by atoms with Crippen LogP contribution in [0.5, 0.6) is 11.5 Å². The molecule has 0 saturated heterocycles. The van der Waals surface area contributed by atoms with E-state index < -0.39 is 0 Å². The van der Waals surface area contributed by atoms with Crippen LogP contribution in [-0.2, 0) is 0 Å². The Balaban J connectivity index is 0.000000135. The van der Waals surface area contributed by atoms with Gasteiger partial charge in [-0.15, -0.1) is 0 Å². The van der Waals surface area contributed by atoms with Crippen LogP contribution < -0.4 is 0 Å². The Hall–Kier alpha value is -10.8. The molecule has 8 aromatic carbocycles. The van der Waals surface area contributed by atoms with Crippen molar-refractivity contribution in [3.05, 3.63) is 178 Å². The van der Waals surface area contributed by atoms with Gasteiger partial charge < -0.3 is 30.1 Å². The van der Waals surface area contributed by atoms with E-state index in [1.54, 1.807) is 12.1 Å². The Morgan fingerprint density at radius 2 is 0.442 bits per heavy atom. The molecule has 408 valence electrons. The quantitative estimate of drug-likeness (QED) is 0.0772. The molecule has 6 aromatic heterocycles. The first-order valence-corrected chi connectivity index (χ1v) is 28.2. The van der Waals surface area contributed by atoms with E-state index in [0.29, 0.717) is 90.5 Å². The van der Waals surface area contributed by atoms with Crippen LogP contribution in [0.15, 0.2) is 158 Å². The zero-order chi connectivity index (χ0) is 57.6. The van der Waals surface area contributed by atoms with Gasteiger partial charge in [-0.1, -0.05) is 192 Å². The number of benzene rings is 8. The Labute approximate surface area is 502 Å². The lowest BCUT2D eigenvalue weighted by Crippen LogP contribution is -1.83. The predicted molar refractivity (Wildman–Crippen MR) is 335 cm³/mol. The van der Waals surface area contributed by atoms with Crippen LogP contribution in [0.25, 0.3) is 179 Å². The van der Waals surface area contributed by atoms with Crippen LogP contribution in [0.1, 0.15) is 0 Å². The smallest absolute Gasteiger partial charge is 0.164 e. The third-order valence-corrected chi connectivity index (χ3v) is 17.0. The van der Waals surface area contributed by atoms with Gasteiger partial charge in [0, 0.05) is 76.8 Å². The first-order chi connectivity index (χ1) is 42.1. The summed E-state index contributed by atoms with van der Waals surface area (Å²) in [5.74, 6) is 3.00. The molecule has 0 unspecified atom stereocenters. The fourth-order valence-electron chi connectivity index (χ4n) is 11.4. The van der Waals surface area contributed by atoms with Crippen molar-refractivity contribution < 1.29 is 10.2 Å². The molecule has 0 fully saturated rings. The van der Waals surface area contributed by atoms with Crippen LogP contribution in [0.2, 0.25) is 20.1 Å². The van der Waals surface area contributed by atoms with Crippen LogP contribution >= 0.6 is 46.4 Å². The lowest BCUT2D eigenvalue weighted by Gasteiger charge is -2.05. The molecule has 86 heavy (non-hydrogen) atoms. The van der Waals surface area contributed by atoms with Crippen molar-refractivity contribution >= 4 is 135 Å². The number of halogens is 4. The highest BCUT2D eigenvalue weighted by atomic mass is 35.5. The van der Waals surface area contributed by atoms with Crippen LogP contribution in [-0.4, -0.2) is 90.0 Å². The molecule has 0 atom stereocenters. The number of aromatic nitrogens is 16. The molecule has 22 heteroatoms. The molecule has 0 amide bonds. The Morgan fingerprint density at radius 1 is 0.244 bits per heavy atom. The van der Waals surface area contributed by atoms with Gasteiger partial charge in [0.25, 0.3) is 0 Å². The number of phenols is 2. The largest absolute Gasteiger partial charge is 0.506 e.